The van der Waals surface area contributed by atoms with E-state index in [0.29, 0.717) is 6.61 Å². The third kappa shape index (κ3) is 3.19. The van der Waals surface area contributed by atoms with E-state index in [1.165, 1.54) is 14.0 Å². The molecule has 0 aromatic rings. The Balaban J connectivity index is 3.99. The number of carbonyl (C=O) groups is 1. The first-order valence-corrected chi connectivity index (χ1v) is 3.90. The molecule has 0 aromatic heterocycles. The van der Waals surface area contributed by atoms with E-state index in [4.69, 9.17) is 9.84 Å². The van der Waals surface area contributed by atoms with Gasteiger partial charge in [0.05, 0.1) is 18.6 Å². The zero-order valence-electron chi connectivity index (χ0n) is 7.65. The molecule has 0 saturated carbocycles. The van der Waals surface area contributed by atoms with Gasteiger partial charge in [0.15, 0.2) is 0 Å². The number of aliphatic hydroxyl groups excluding tert-OH is 1. The van der Waals surface area contributed by atoms with E-state index in [-0.39, 0.29) is 5.92 Å². The van der Waals surface area contributed by atoms with Gasteiger partial charge in [-0.25, -0.2) is 0 Å². The molecule has 0 heterocycles. The predicted molar refractivity (Wildman–Crippen MR) is 43.8 cm³/mol. The summed E-state index contributed by atoms with van der Waals surface area (Å²) >= 11 is 0. The van der Waals surface area contributed by atoms with Crippen molar-refractivity contribution < 1.29 is 19.7 Å². The molecule has 0 unspecified atom stereocenters. The molecule has 4 heteroatoms. The highest BCUT2D eigenvalue weighted by Gasteiger charge is 2.26. The fourth-order valence-electron chi connectivity index (χ4n) is 1.00. The molecular formula is C8H16O4. The molecule has 72 valence electrons. The summed E-state index contributed by atoms with van der Waals surface area (Å²) in [6.45, 7) is 3.62. The van der Waals surface area contributed by atoms with Gasteiger partial charge < -0.3 is 14.9 Å². The maximum atomic E-state index is 10.4. The van der Waals surface area contributed by atoms with Crippen molar-refractivity contribution in [3.63, 3.8) is 0 Å². The van der Waals surface area contributed by atoms with Gasteiger partial charge in [-0.1, -0.05) is 6.92 Å². The van der Waals surface area contributed by atoms with Gasteiger partial charge in [0.2, 0.25) is 0 Å². The summed E-state index contributed by atoms with van der Waals surface area (Å²) in [5.41, 5.74) is 0. The van der Waals surface area contributed by atoms with Crippen LogP contribution in [0.2, 0.25) is 0 Å². The molecule has 3 atom stereocenters. The van der Waals surface area contributed by atoms with E-state index in [1.807, 2.05) is 0 Å². The molecule has 0 aliphatic heterocycles. The van der Waals surface area contributed by atoms with Crippen LogP contribution in [0, 0.1) is 11.8 Å². The number of aliphatic carboxylic acids is 1. The maximum Gasteiger partial charge on any atom is 0.308 e. The van der Waals surface area contributed by atoms with Crippen molar-refractivity contribution in [1.29, 1.82) is 0 Å². The number of hydrogen-bond acceptors (Lipinski definition) is 3. The van der Waals surface area contributed by atoms with Crippen molar-refractivity contribution in [2.24, 2.45) is 11.8 Å². The van der Waals surface area contributed by atoms with Crippen LogP contribution in [0.25, 0.3) is 0 Å². The van der Waals surface area contributed by atoms with Crippen LogP contribution in [0.3, 0.4) is 0 Å². The number of carboxylic acid groups (broad SMARTS) is 1. The third-order valence-electron chi connectivity index (χ3n) is 1.91. The number of carboxylic acids is 1. The largest absolute Gasteiger partial charge is 0.481 e. The van der Waals surface area contributed by atoms with Crippen LogP contribution in [-0.4, -0.2) is 36.0 Å². The maximum absolute atomic E-state index is 10.4. The Kier molecular flexibility index (Phi) is 4.85. The lowest BCUT2D eigenvalue weighted by Crippen LogP contribution is -2.33. The minimum Gasteiger partial charge on any atom is -0.481 e. The molecule has 0 aliphatic carbocycles. The van der Waals surface area contributed by atoms with Crippen LogP contribution in [0.4, 0.5) is 0 Å². The highest BCUT2D eigenvalue weighted by Crippen LogP contribution is 2.13. The molecule has 0 aromatic carbocycles. The van der Waals surface area contributed by atoms with Gasteiger partial charge in [-0.15, -0.1) is 0 Å². The van der Waals surface area contributed by atoms with E-state index < -0.39 is 18.0 Å². The molecule has 0 saturated heterocycles. The minimum atomic E-state index is -0.981. The zero-order valence-corrected chi connectivity index (χ0v) is 7.65. The summed E-state index contributed by atoms with van der Waals surface area (Å²) < 4.78 is 4.80. The van der Waals surface area contributed by atoms with Gasteiger partial charge in [0.25, 0.3) is 0 Å². The normalized spacial score (nSPS) is 18.3. The second-order valence-corrected chi connectivity index (χ2v) is 3.05. The fraction of sp³-hybridized carbons (Fsp3) is 0.875. The lowest BCUT2D eigenvalue weighted by Gasteiger charge is -2.21. The van der Waals surface area contributed by atoms with E-state index in [0.717, 1.165) is 0 Å². The molecule has 0 bridgehead atoms. The van der Waals surface area contributed by atoms with Crippen LogP contribution in [0.15, 0.2) is 0 Å². The minimum absolute atomic E-state index is 0.152. The molecule has 0 rings (SSSR count). The monoisotopic (exact) mass is 176 g/mol. The Morgan fingerprint density at radius 3 is 2.33 bits per heavy atom. The van der Waals surface area contributed by atoms with Crippen molar-refractivity contribution in [2.45, 2.75) is 20.0 Å². The first kappa shape index (κ1) is 11.4. The first-order chi connectivity index (χ1) is 5.50. The predicted octanol–water partition coefficient (Wildman–Crippen LogP) is 0.350. The van der Waals surface area contributed by atoms with Crippen LogP contribution in [-0.2, 0) is 9.53 Å². The molecule has 0 aliphatic rings. The van der Waals surface area contributed by atoms with Crippen molar-refractivity contribution >= 4 is 5.97 Å². The van der Waals surface area contributed by atoms with Crippen LogP contribution < -0.4 is 0 Å². The lowest BCUT2D eigenvalue weighted by atomic mass is 9.94. The smallest absolute Gasteiger partial charge is 0.308 e. The number of ether oxygens (including phenoxy) is 1. The quantitative estimate of drug-likeness (QED) is 0.634. The molecule has 2 N–H and O–H groups in total. The summed E-state index contributed by atoms with van der Waals surface area (Å²) in [4.78, 5) is 10.4. The van der Waals surface area contributed by atoms with Gasteiger partial charge in [-0.2, -0.15) is 0 Å². The van der Waals surface area contributed by atoms with E-state index in [1.54, 1.807) is 6.92 Å². The molecule has 4 nitrogen and oxygen atoms in total. The number of methoxy groups -OCH3 is 1. The summed E-state index contributed by atoms with van der Waals surface area (Å²) in [7, 11) is 1.52. The van der Waals surface area contributed by atoms with Gasteiger partial charge in [-0.05, 0) is 6.92 Å². The lowest BCUT2D eigenvalue weighted by molar-refractivity contribution is -0.146. The van der Waals surface area contributed by atoms with Crippen molar-refractivity contribution in [1.82, 2.24) is 0 Å². The zero-order chi connectivity index (χ0) is 9.72. The number of rotatable bonds is 5. The highest BCUT2D eigenvalue weighted by molar-refractivity contribution is 5.70. The van der Waals surface area contributed by atoms with Crippen molar-refractivity contribution in [3.05, 3.63) is 0 Å². The second kappa shape index (κ2) is 5.11. The van der Waals surface area contributed by atoms with Crippen LogP contribution in [0.5, 0.6) is 0 Å². The summed E-state index contributed by atoms with van der Waals surface area (Å²) in [5.74, 6) is -1.87. The Hall–Kier alpha value is -0.610. The molecular weight excluding hydrogens is 160 g/mol. The first-order valence-electron chi connectivity index (χ1n) is 3.90. The van der Waals surface area contributed by atoms with E-state index >= 15 is 0 Å². The summed E-state index contributed by atoms with van der Waals surface area (Å²) in [6, 6.07) is 0. The van der Waals surface area contributed by atoms with Gasteiger partial charge in [0.1, 0.15) is 0 Å². The van der Waals surface area contributed by atoms with Crippen LogP contribution >= 0.6 is 0 Å². The van der Waals surface area contributed by atoms with Crippen LogP contribution in [0.1, 0.15) is 13.8 Å². The third-order valence-corrected chi connectivity index (χ3v) is 1.91. The Labute approximate surface area is 72.2 Å². The Bertz CT molecular complexity index is 146. The Morgan fingerprint density at radius 1 is 1.50 bits per heavy atom. The van der Waals surface area contributed by atoms with Gasteiger partial charge >= 0.3 is 5.97 Å². The van der Waals surface area contributed by atoms with E-state index in [2.05, 4.69) is 0 Å². The van der Waals surface area contributed by atoms with Crippen molar-refractivity contribution in [3.8, 4) is 0 Å². The topological polar surface area (TPSA) is 66.8 Å². The average molecular weight is 176 g/mol. The fourth-order valence-corrected chi connectivity index (χ4v) is 1.00. The standard InChI is InChI=1S/C8H16O4/c1-5(4-12-3)7(9)6(2)8(10)11/h5-7,9H,4H2,1-3H3,(H,10,11)/t5-,6-,7-/m0/s1. The SMILES string of the molecule is COC[C@H](C)[C@H](O)[C@H](C)C(=O)O. The van der Waals surface area contributed by atoms with Crippen molar-refractivity contribution in [2.75, 3.05) is 13.7 Å². The highest BCUT2D eigenvalue weighted by atomic mass is 16.5. The summed E-state index contributed by atoms with van der Waals surface area (Å²) in [6.07, 6.45) is -0.845. The average Bonchev–Trinajstić information content (AvgIpc) is 2.02. The van der Waals surface area contributed by atoms with Gasteiger partial charge in [0, 0.05) is 13.0 Å². The molecule has 0 fully saturated rings. The van der Waals surface area contributed by atoms with Gasteiger partial charge in [-0.3, -0.25) is 4.79 Å². The van der Waals surface area contributed by atoms with E-state index in [9.17, 15) is 9.90 Å². The number of hydrogen-bond donors (Lipinski definition) is 2. The number of aliphatic hydroxyl groups is 1. The summed E-state index contributed by atoms with van der Waals surface area (Å²) in [5, 5.41) is 18.0. The molecule has 0 amide bonds. The molecule has 0 radical (unpaired) electrons. The molecule has 0 spiro atoms. The Morgan fingerprint density at radius 2 is 2.00 bits per heavy atom. The molecule has 12 heavy (non-hydrogen) atoms. The second-order valence-electron chi connectivity index (χ2n) is 3.05.